The number of fused-ring (bicyclic) bond motifs is 1. The number of aromatic nitrogens is 1. The van der Waals surface area contributed by atoms with E-state index in [1.807, 2.05) is 37.2 Å². The summed E-state index contributed by atoms with van der Waals surface area (Å²) >= 11 is 0. The molecule has 0 saturated carbocycles. The van der Waals surface area contributed by atoms with Gasteiger partial charge in [-0.3, -0.25) is 14.9 Å². The number of carbonyl (C=O) groups excluding carboxylic acids is 1. The Bertz CT molecular complexity index is 696. The molecule has 0 radical (unpaired) electrons. The van der Waals surface area contributed by atoms with Gasteiger partial charge >= 0.3 is 0 Å². The zero-order valence-corrected chi connectivity index (χ0v) is 13.3. The van der Waals surface area contributed by atoms with E-state index in [1.54, 1.807) is 18.3 Å². The molecule has 0 aliphatic rings. The zero-order valence-electron chi connectivity index (χ0n) is 13.3. The predicted octanol–water partition coefficient (Wildman–Crippen LogP) is 3.19. The molecule has 1 heterocycles. The van der Waals surface area contributed by atoms with E-state index in [1.165, 1.54) is 12.1 Å². The minimum atomic E-state index is -0.415. The van der Waals surface area contributed by atoms with Crippen molar-refractivity contribution in [1.29, 1.82) is 0 Å². The first-order valence-corrected chi connectivity index (χ1v) is 7.35. The number of amides is 1. The van der Waals surface area contributed by atoms with Crippen molar-refractivity contribution in [2.45, 2.75) is 46.3 Å². The van der Waals surface area contributed by atoms with Gasteiger partial charge in [-0.25, -0.2) is 0 Å². The SMILES string of the molecule is CC(C)N(C(=O)Cn1ccc2cc([N+](=O)[O-])ccc21)C(C)C. The van der Waals surface area contributed by atoms with Gasteiger partial charge in [-0.05, 0) is 39.8 Å². The maximum Gasteiger partial charge on any atom is 0.270 e. The number of carbonyl (C=O) groups is 1. The minimum Gasteiger partial charge on any atom is -0.338 e. The zero-order chi connectivity index (χ0) is 16.4. The lowest BCUT2D eigenvalue weighted by atomic mass is 10.2. The second-order valence-electron chi connectivity index (χ2n) is 5.93. The molecule has 0 N–H and O–H groups in total. The monoisotopic (exact) mass is 303 g/mol. The molecule has 0 unspecified atom stereocenters. The van der Waals surface area contributed by atoms with Crippen LogP contribution in [-0.4, -0.2) is 32.4 Å². The number of nitro groups is 1. The van der Waals surface area contributed by atoms with Crippen molar-refractivity contribution in [3.63, 3.8) is 0 Å². The van der Waals surface area contributed by atoms with E-state index in [2.05, 4.69) is 0 Å². The lowest BCUT2D eigenvalue weighted by Gasteiger charge is -2.31. The van der Waals surface area contributed by atoms with Gasteiger partial charge in [-0.15, -0.1) is 0 Å². The molecule has 1 aromatic heterocycles. The van der Waals surface area contributed by atoms with Crippen LogP contribution in [0, 0.1) is 10.1 Å². The predicted molar refractivity (Wildman–Crippen MR) is 85.7 cm³/mol. The normalized spacial score (nSPS) is 11.4. The Balaban J connectivity index is 2.28. The smallest absolute Gasteiger partial charge is 0.270 e. The second-order valence-corrected chi connectivity index (χ2v) is 5.93. The third-order valence-electron chi connectivity index (χ3n) is 3.67. The molecule has 1 amide bonds. The van der Waals surface area contributed by atoms with Crippen LogP contribution < -0.4 is 0 Å². The van der Waals surface area contributed by atoms with Crippen molar-refractivity contribution < 1.29 is 9.72 Å². The largest absolute Gasteiger partial charge is 0.338 e. The highest BCUT2D eigenvalue weighted by Crippen LogP contribution is 2.22. The topological polar surface area (TPSA) is 68.4 Å². The molecular formula is C16H21N3O3. The summed E-state index contributed by atoms with van der Waals surface area (Å²) in [6.45, 7) is 8.21. The van der Waals surface area contributed by atoms with Gasteiger partial charge < -0.3 is 9.47 Å². The number of benzene rings is 1. The lowest BCUT2D eigenvalue weighted by molar-refractivity contribution is -0.384. The quantitative estimate of drug-likeness (QED) is 0.629. The third kappa shape index (κ3) is 3.10. The second kappa shape index (κ2) is 6.17. The summed E-state index contributed by atoms with van der Waals surface area (Å²) in [4.78, 5) is 24.7. The van der Waals surface area contributed by atoms with Crippen LogP contribution in [-0.2, 0) is 11.3 Å². The molecular weight excluding hydrogens is 282 g/mol. The summed E-state index contributed by atoms with van der Waals surface area (Å²) in [6, 6.07) is 6.75. The Morgan fingerprint density at radius 1 is 1.23 bits per heavy atom. The van der Waals surface area contributed by atoms with Gasteiger partial charge in [0, 0.05) is 41.3 Å². The van der Waals surface area contributed by atoms with E-state index in [0.717, 1.165) is 10.9 Å². The van der Waals surface area contributed by atoms with Gasteiger partial charge in [0.1, 0.15) is 6.54 Å². The lowest BCUT2D eigenvalue weighted by Crippen LogP contribution is -2.43. The van der Waals surface area contributed by atoms with Gasteiger partial charge in [0.05, 0.1) is 4.92 Å². The fraction of sp³-hybridized carbons (Fsp3) is 0.438. The number of rotatable bonds is 5. The maximum atomic E-state index is 12.5. The first-order valence-electron chi connectivity index (χ1n) is 7.35. The molecule has 6 heteroatoms. The van der Waals surface area contributed by atoms with Crippen molar-refractivity contribution in [2.24, 2.45) is 0 Å². The summed E-state index contributed by atoms with van der Waals surface area (Å²) in [6.07, 6.45) is 1.80. The molecule has 0 saturated heterocycles. The Labute approximate surface area is 129 Å². The number of nitrogens with zero attached hydrogens (tertiary/aromatic N) is 3. The van der Waals surface area contributed by atoms with Crippen molar-refractivity contribution in [1.82, 2.24) is 9.47 Å². The number of non-ortho nitro benzene ring substituents is 1. The molecule has 1 aromatic carbocycles. The third-order valence-corrected chi connectivity index (χ3v) is 3.67. The molecule has 6 nitrogen and oxygen atoms in total. The molecule has 22 heavy (non-hydrogen) atoms. The van der Waals surface area contributed by atoms with E-state index in [9.17, 15) is 14.9 Å². The maximum absolute atomic E-state index is 12.5. The molecule has 118 valence electrons. The highest BCUT2D eigenvalue weighted by atomic mass is 16.6. The van der Waals surface area contributed by atoms with Gasteiger partial charge in [-0.1, -0.05) is 0 Å². The fourth-order valence-corrected chi connectivity index (χ4v) is 2.84. The Hall–Kier alpha value is -2.37. The molecule has 0 aliphatic heterocycles. The highest BCUT2D eigenvalue weighted by molar-refractivity contribution is 5.85. The molecule has 2 rings (SSSR count). The summed E-state index contributed by atoms with van der Waals surface area (Å²) in [5, 5.41) is 11.6. The van der Waals surface area contributed by atoms with E-state index in [-0.39, 0.29) is 30.2 Å². The number of hydrogen-bond donors (Lipinski definition) is 0. The Kier molecular flexibility index (Phi) is 4.49. The van der Waals surface area contributed by atoms with Crippen molar-refractivity contribution in [2.75, 3.05) is 0 Å². The summed E-state index contributed by atoms with van der Waals surface area (Å²) in [5.41, 5.74) is 0.883. The standard InChI is InChI=1S/C16H21N3O3/c1-11(2)18(12(3)4)16(20)10-17-8-7-13-9-14(19(21)22)5-6-15(13)17/h5-9,11-12H,10H2,1-4H3. The Morgan fingerprint density at radius 2 is 1.86 bits per heavy atom. The molecule has 0 atom stereocenters. The molecule has 0 aliphatic carbocycles. The molecule has 0 bridgehead atoms. The van der Waals surface area contributed by atoms with Crippen LogP contribution >= 0.6 is 0 Å². The fourth-order valence-electron chi connectivity index (χ4n) is 2.84. The van der Waals surface area contributed by atoms with Crippen LogP contribution in [0.25, 0.3) is 10.9 Å². The van der Waals surface area contributed by atoms with Crippen LogP contribution in [0.3, 0.4) is 0 Å². The molecule has 0 fully saturated rings. The van der Waals surface area contributed by atoms with E-state index >= 15 is 0 Å². The van der Waals surface area contributed by atoms with Crippen molar-refractivity contribution in [3.8, 4) is 0 Å². The van der Waals surface area contributed by atoms with Crippen molar-refractivity contribution in [3.05, 3.63) is 40.6 Å². The van der Waals surface area contributed by atoms with Crippen molar-refractivity contribution >= 4 is 22.5 Å². The summed E-state index contributed by atoms with van der Waals surface area (Å²) < 4.78 is 1.83. The number of nitro benzene ring substituents is 1. The minimum absolute atomic E-state index is 0.0425. The first-order chi connectivity index (χ1) is 10.3. The summed E-state index contributed by atoms with van der Waals surface area (Å²) in [5.74, 6) is 0.0425. The van der Waals surface area contributed by atoms with Gasteiger partial charge in [0.15, 0.2) is 0 Å². The van der Waals surface area contributed by atoms with Crippen LogP contribution in [0.5, 0.6) is 0 Å². The van der Waals surface area contributed by atoms with E-state index in [0.29, 0.717) is 0 Å². The average molecular weight is 303 g/mol. The van der Waals surface area contributed by atoms with Gasteiger partial charge in [-0.2, -0.15) is 0 Å². The van der Waals surface area contributed by atoms with Crippen LogP contribution in [0.1, 0.15) is 27.7 Å². The highest BCUT2D eigenvalue weighted by Gasteiger charge is 2.20. The van der Waals surface area contributed by atoms with Crippen LogP contribution in [0.4, 0.5) is 5.69 Å². The van der Waals surface area contributed by atoms with Crippen LogP contribution in [0.15, 0.2) is 30.5 Å². The average Bonchev–Trinajstić information content (AvgIpc) is 2.80. The number of hydrogen-bond acceptors (Lipinski definition) is 3. The van der Waals surface area contributed by atoms with E-state index < -0.39 is 4.92 Å². The first kappa shape index (κ1) is 16.0. The van der Waals surface area contributed by atoms with Crippen LogP contribution in [0.2, 0.25) is 0 Å². The van der Waals surface area contributed by atoms with E-state index in [4.69, 9.17) is 0 Å². The van der Waals surface area contributed by atoms with Gasteiger partial charge in [0.2, 0.25) is 5.91 Å². The van der Waals surface area contributed by atoms with Gasteiger partial charge in [0.25, 0.3) is 5.69 Å². The molecule has 0 spiro atoms. The molecule has 2 aromatic rings. The Morgan fingerprint density at radius 3 is 2.41 bits per heavy atom. The summed E-state index contributed by atoms with van der Waals surface area (Å²) in [7, 11) is 0.